The van der Waals surface area contributed by atoms with E-state index in [2.05, 4.69) is 4.40 Å². The molecule has 0 bridgehead atoms. The van der Waals surface area contributed by atoms with Crippen molar-refractivity contribution >= 4 is 27.9 Å². The van der Waals surface area contributed by atoms with Crippen LogP contribution in [0.5, 0.6) is 0 Å². The number of sulfonamides is 1. The molecule has 0 fully saturated rings. The summed E-state index contributed by atoms with van der Waals surface area (Å²) in [7, 11) is -3.45. The first-order valence-electron chi connectivity index (χ1n) is 6.79. The zero-order chi connectivity index (χ0) is 15.8. The normalized spacial score (nSPS) is 11.9. The van der Waals surface area contributed by atoms with Crippen LogP contribution in [0.15, 0.2) is 77.2 Å². The molecule has 0 spiro atoms. The van der Waals surface area contributed by atoms with Crippen molar-refractivity contribution in [2.24, 2.45) is 4.40 Å². The Morgan fingerprint density at radius 1 is 0.818 bits per heavy atom. The number of nitrogens with zero attached hydrogens (tertiary/aromatic N) is 1. The van der Waals surface area contributed by atoms with Gasteiger partial charge >= 0.3 is 0 Å². The van der Waals surface area contributed by atoms with Gasteiger partial charge in [-0.15, -0.1) is 0 Å². The second-order valence-corrected chi connectivity index (χ2v) is 6.39. The van der Waals surface area contributed by atoms with Crippen LogP contribution in [-0.2, 0) is 10.0 Å². The summed E-state index contributed by atoms with van der Waals surface area (Å²) in [5.74, 6) is 0. The molecule has 0 aliphatic rings. The first kappa shape index (κ1) is 15.9. The molecule has 22 heavy (non-hydrogen) atoms. The second kappa shape index (κ2) is 7.52. The highest BCUT2D eigenvalue weighted by molar-refractivity contribution is 7.89. The van der Waals surface area contributed by atoms with Crippen LogP contribution in [0.4, 0.5) is 0 Å². The Bertz CT molecular complexity index is 738. The lowest BCUT2D eigenvalue weighted by Crippen LogP contribution is -1.97. The van der Waals surface area contributed by atoms with Crippen molar-refractivity contribution in [3.05, 3.63) is 83.9 Å². The molecule has 112 valence electrons. The van der Waals surface area contributed by atoms with Gasteiger partial charge in [-0.1, -0.05) is 72.8 Å². The van der Waals surface area contributed by atoms with E-state index in [-0.39, 0.29) is 0 Å². The average Bonchev–Trinajstić information content (AvgIpc) is 2.51. The minimum absolute atomic E-state index is 0.384. The topological polar surface area (TPSA) is 46.5 Å². The van der Waals surface area contributed by atoms with Crippen molar-refractivity contribution in [3.63, 3.8) is 0 Å². The Balaban J connectivity index is 2.26. The van der Waals surface area contributed by atoms with Crippen LogP contribution in [0.3, 0.4) is 0 Å². The molecular formula is C18H17NO2S. The highest BCUT2D eigenvalue weighted by Gasteiger charge is 1.99. The smallest absolute Gasteiger partial charge is 0.205 e. The fourth-order valence-corrected chi connectivity index (χ4v) is 2.30. The van der Waals surface area contributed by atoms with Crippen molar-refractivity contribution in [2.45, 2.75) is 0 Å². The van der Waals surface area contributed by atoms with Gasteiger partial charge < -0.3 is 0 Å². The van der Waals surface area contributed by atoms with Crippen LogP contribution >= 0.6 is 0 Å². The first-order valence-corrected chi connectivity index (χ1v) is 8.64. The number of allylic oxidation sites excluding steroid dienone is 2. The molecule has 0 unspecified atom stereocenters. The zero-order valence-electron chi connectivity index (χ0n) is 12.3. The summed E-state index contributed by atoms with van der Waals surface area (Å²) in [5.41, 5.74) is 2.35. The van der Waals surface area contributed by atoms with Crippen LogP contribution < -0.4 is 0 Å². The van der Waals surface area contributed by atoms with Crippen molar-refractivity contribution in [3.8, 4) is 0 Å². The highest BCUT2D eigenvalue weighted by atomic mass is 32.2. The maximum absolute atomic E-state index is 11.4. The Labute approximate surface area is 131 Å². The van der Waals surface area contributed by atoms with Gasteiger partial charge in [0, 0.05) is 0 Å². The Kier molecular flexibility index (Phi) is 5.44. The van der Waals surface area contributed by atoms with Gasteiger partial charge in [-0.2, -0.15) is 4.40 Å². The Morgan fingerprint density at radius 3 is 1.59 bits per heavy atom. The van der Waals surface area contributed by atoms with Gasteiger partial charge in [0.25, 0.3) is 10.0 Å². The van der Waals surface area contributed by atoms with Crippen LogP contribution in [0.2, 0.25) is 0 Å². The summed E-state index contributed by atoms with van der Waals surface area (Å²) in [5, 5.41) is 0. The monoisotopic (exact) mass is 311 g/mol. The summed E-state index contributed by atoms with van der Waals surface area (Å²) in [6.45, 7) is 0. The average molecular weight is 311 g/mol. The van der Waals surface area contributed by atoms with E-state index in [9.17, 15) is 8.42 Å². The van der Waals surface area contributed by atoms with Gasteiger partial charge in [-0.05, 0) is 23.3 Å². The standard InChI is InChI=1S/C18H17NO2S/c1-22(20,21)19-18(14-12-16-8-4-2-5-9-16)15-13-17-10-6-3-7-11-17/h2-15H,1H3/b14-12+,15-13+. The molecule has 0 saturated heterocycles. The number of benzene rings is 2. The van der Waals surface area contributed by atoms with Gasteiger partial charge in [0.05, 0.1) is 12.0 Å². The van der Waals surface area contributed by atoms with Crippen LogP contribution in [0, 0.1) is 0 Å². The van der Waals surface area contributed by atoms with Gasteiger partial charge in [0.1, 0.15) is 0 Å². The lowest BCUT2D eigenvalue weighted by Gasteiger charge is -1.96. The molecule has 2 aromatic rings. The second-order valence-electron chi connectivity index (χ2n) is 4.74. The highest BCUT2D eigenvalue weighted by Crippen LogP contribution is 2.05. The molecule has 0 radical (unpaired) electrons. The lowest BCUT2D eigenvalue weighted by atomic mass is 10.1. The molecule has 3 nitrogen and oxygen atoms in total. The van der Waals surface area contributed by atoms with Crippen molar-refractivity contribution in [1.29, 1.82) is 0 Å². The van der Waals surface area contributed by atoms with Gasteiger partial charge in [-0.3, -0.25) is 0 Å². The van der Waals surface area contributed by atoms with Crippen LogP contribution in [0.25, 0.3) is 12.2 Å². The van der Waals surface area contributed by atoms with Gasteiger partial charge in [0.2, 0.25) is 0 Å². The minimum atomic E-state index is -3.45. The van der Waals surface area contributed by atoms with Gasteiger partial charge in [-0.25, -0.2) is 8.42 Å². The molecule has 2 rings (SSSR count). The van der Waals surface area contributed by atoms with Crippen molar-refractivity contribution < 1.29 is 8.42 Å². The molecular weight excluding hydrogens is 294 g/mol. The lowest BCUT2D eigenvalue weighted by molar-refractivity contribution is 0.604. The zero-order valence-corrected chi connectivity index (χ0v) is 13.1. The van der Waals surface area contributed by atoms with E-state index in [1.807, 2.05) is 72.8 Å². The maximum Gasteiger partial charge on any atom is 0.250 e. The molecule has 0 aromatic heterocycles. The van der Waals surface area contributed by atoms with E-state index in [0.717, 1.165) is 17.4 Å². The van der Waals surface area contributed by atoms with Crippen LogP contribution in [-0.4, -0.2) is 20.4 Å². The Hall–Kier alpha value is -2.46. The van der Waals surface area contributed by atoms with Crippen LogP contribution in [0.1, 0.15) is 11.1 Å². The van der Waals surface area contributed by atoms with Crippen molar-refractivity contribution in [1.82, 2.24) is 0 Å². The predicted octanol–water partition coefficient (Wildman–Crippen LogP) is 3.81. The van der Waals surface area contributed by atoms with E-state index >= 15 is 0 Å². The predicted molar refractivity (Wildman–Crippen MR) is 93.2 cm³/mol. The molecule has 0 atom stereocenters. The number of rotatable bonds is 5. The summed E-state index contributed by atoms with van der Waals surface area (Å²) >= 11 is 0. The first-order chi connectivity index (χ1) is 10.5. The van der Waals surface area contributed by atoms with E-state index in [1.54, 1.807) is 12.2 Å². The van der Waals surface area contributed by atoms with Crippen molar-refractivity contribution in [2.75, 3.05) is 6.26 Å². The van der Waals surface area contributed by atoms with E-state index in [1.165, 1.54) is 0 Å². The SMILES string of the molecule is CS(=O)(=O)N=C(/C=C/c1ccccc1)/C=C/c1ccccc1. The molecule has 0 heterocycles. The van der Waals surface area contributed by atoms with E-state index in [4.69, 9.17) is 0 Å². The fraction of sp³-hybridized carbons (Fsp3) is 0.0556. The summed E-state index contributed by atoms with van der Waals surface area (Å²) < 4.78 is 26.6. The minimum Gasteiger partial charge on any atom is -0.205 e. The summed E-state index contributed by atoms with van der Waals surface area (Å²) in [4.78, 5) is 0. The number of hydrogen-bond acceptors (Lipinski definition) is 2. The summed E-state index contributed by atoms with van der Waals surface area (Å²) in [6.07, 6.45) is 8.13. The molecule has 4 heteroatoms. The Morgan fingerprint density at radius 2 is 1.23 bits per heavy atom. The fourth-order valence-electron chi connectivity index (χ4n) is 1.80. The molecule has 0 aliphatic heterocycles. The molecule has 0 aliphatic carbocycles. The molecule has 0 N–H and O–H groups in total. The maximum atomic E-state index is 11.4. The summed E-state index contributed by atoms with van der Waals surface area (Å²) in [6, 6.07) is 19.3. The molecule has 0 saturated carbocycles. The largest absolute Gasteiger partial charge is 0.250 e. The molecule has 0 amide bonds. The van der Waals surface area contributed by atoms with E-state index in [0.29, 0.717) is 5.71 Å². The number of hydrogen-bond donors (Lipinski definition) is 0. The quantitative estimate of drug-likeness (QED) is 0.788. The molecule has 2 aromatic carbocycles. The third kappa shape index (κ3) is 5.89. The third-order valence-electron chi connectivity index (χ3n) is 2.76. The van der Waals surface area contributed by atoms with E-state index < -0.39 is 10.0 Å². The van der Waals surface area contributed by atoms with Gasteiger partial charge in [0.15, 0.2) is 0 Å². The third-order valence-corrected chi connectivity index (χ3v) is 3.31.